The fraction of sp³-hybridized carbons (Fsp3) is 0.400. The Labute approximate surface area is 132 Å². The van der Waals surface area contributed by atoms with Crippen molar-refractivity contribution in [1.82, 2.24) is 9.88 Å². The smallest absolute Gasteiger partial charge is 0.325 e. The third-order valence-corrected chi connectivity index (χ3v) is 3.86. The second-order valence-corrected chi connectivity index (χ2v) is 5.80. The molecule has 1 aliphatic rings. The lowest BCUT2D eigenvalue weighted by Gasteiger charge is -2.21. The molecule has 1 aromatic carbocycles. The van der Waals surface area contributed by atoms with Gasteiger partial charge < -0.3 is 19.0 Å². The number of nitrogens with zero attached hydrogens (tertiary/aromatic N) is 1. The van der Waals surface area contributed by atoms with Crippen molar-refractivity contribution in [3.05, 3.63) is 28.6 Å². The molecule has 0 radical (unpaired) electrons. The first-order chi connectivity index (χ1) is 10.6. The van der Waals surface area contributed by atoms with E-state index in [9.17, 15) is 9.59 Å². The predicted molar refractivity (Wildman–Crippen MR) is 82.0 cm³/mol. The van der Waals surface area contributed by atoms with Crippen LogP contribution in [-0.2, 0) is 9.53 Å². The number of hydrogen-bond acceptors (Lipinski definition) is 5. The molecule has 0 unspecified atom stereocenters. The normalized spacial score (nSPS) is 14.0. The van der Waals surface area contributed by atoms with Crippen molar-refractivity contribution >= 4 is 35.2 Å². The third kappa shape index (κ3) is 3.19. The molecular formula is C15H16N2O4S. The molecule has 1 N–H and O–H groups in total. The Balaban J connectivity index is 1.85. The molecule has 0 aliphatic heterocycles. The maximum Gasteiger partial charge on any atom is 0.325 e. The van der Waals surface area contributed by atoms with Crippen LogP contribution in [0.1, 0.15) is 23.2 Å². The molecule has 2 aromatic rings. The minimum Gasteiger partial charge on any atom is -0.468 e. The Bertz CT molecular complexity index is 775. The van der Waals surface area contributed by atoms with Crippen LogP contribution in [0.3, 0.4) is 0 Å². The predicted octanol–water partition coefficient (Wildman–Crippen LogP) is 2.52. The molecule has 1 saturated carbocycles. The summed E-state index contributed by atoms with van der Waals surface area (Å²) in [6.45, 7) is 0.531. The minimum atomic E-state index is -0.422. The fourth-order valence-electron chi connectivity index (χ4n) is 2.31. The number of carbonyl (C=O) groups excluding carboxylic acids is 2. The van der Waals surface area contributed by atoms with Gasteiger partial charge in [-0.15, -0.1) is 0 Å². The number of nitrogens with one attached hydrogen (secondary N) is 1. The number of aromatic amines is 1. The zero-order chi connectivity index (χ0) is 15.7. The van der Waals surface area contributed by atoms with E-state index in [0.29, 0.717) is 23.6 Å². The quantitative estimate of drug-likeness (QED) is 0.677. The number of amides is 1. The summed E-state index contributed by atoms with van der Waals surface area (Å²) >= 11 is 4.93. The molecule has 1 heterocycles. The number of carbonyl (C=O) groups is 2. The van der Waals surface area contributed by atoms with Crippen molar-refractivity contribution in [2.24, 2.45) is 5.92 Å². The van der Waals surface area contributed by atoms with Crippen LogP contribution in [0.4, 0.5) is 0 Å². The maximum absolute atomic E-state index is 12.7. The van der Waals surface area contributed by atoms with E-state index in [1.165, 1.54) is 12.0 Å². The highest BCUT2D eigenvalue weighted by Gasteiger charge is 2.29. The number of H-pyrrole nitrogens is 1. The molecule has 116 valence electrons. The molecular weight excluding hydrogens is 304 g/mol. The van der Waals surface area contributed by atoms with Crippen LogP contribution in [0.2, 0.25) is 0 Å². The molecule has 3 rings (SSSR count). The number of esters is 1. The molecule has 0 bridgehead atoms. The molecule has 6 nitrogen and oxygen atoms in total. The summed E-state index contributed by atoms with van der Waals surface area (Å²) in [5.41, 5.74) is 1.73. The van der Waals surface area contributed by atoms with Crippen LogP contribution in [0.5, 0.6) is 0 Å². The standard InChI is InChI=1S/C15H16N2O4S/c1-20-13(18)8-17(7-9-2-3-9)14(19)10-4-5-11-12(6-10)21-15(22)16-11/h4-6,9H,2-3,7-8H2,1H3,(H,16,22). The van der Waals surface area contributed by atoms with Gasteiger partial charge in [-0.3, -0.25) is 9.59 Å². The number of fused-ring (bicyclic) bond motifs is 1. The summed E-state index contributed by atoms with van der Waals surface area (Å²) in [7, 11) is 1.32. The van der Waals surface area contributed by atoms with E-state index >= 15 is 0 Å². The van der Waals surface area contributed by atoms with E-state index in [4.69, 9.17) is 16.6 Å². The van der Waals surface area contributed by atoms with Crippen molar-refractivity contribution < 1.29 is 18.7 Å². The summed E-state index contributed by atoms with van der Waals surface area (Å²) in [5, 5.41) is 0. The summed E-state index contributed by atoms with van der Waals surface area (Å²) in [6, 6.07) is 5.08. The van der Waals surface area contributed by atoms with Crippen molar-refractivity contribution in [3.63, 3.8) is 0 Å². The number of aromatic nitrogens is 1. The van der Waals surface area contributed by atoms with Crippen molar-refractivity contribution in [1.29, 1.82) is 0 Å². The molecule has 1 aliphatic carbocycles. The SMILES string of the molecule is COC(=O)CN(CC1CC1)C(=O)c1ccc2[nH]c(=S)oc2c1. The van der Waals surface area contributed by atoms with E-state index in [-0.39, 0.29) is 17.3 Å². The number of oxazole rings is 1. The maximum atomic E-state index is 12.7. The number of ether oxygens (including phenoxy) is 1. The van der Waals surface area contributed by atoms with Crippen LogP contribution in [0.15, 0.2) is 22.6 Å². The number of methoxy groups -OCH3 is 1. The summed E-state index contributed by atoms with van der Waals surface area (Å²) in [6.07, 6.45) is 2.19. The zero-order valence-electron chi connectivity index (χ0n) is 12.1. The van der Waals surface area contributed by atoms with Gasteiger partial charge in [-0.1, -0.05) is 0 Å². The number of hydrogen-bond donors (Lipinski definition) is 1. The van der Waals surface area contributed by atoms with Crippen LogP contribution >= 0.6 is 12.2 Å². The van der Waals surface area contributed by atoms with Gasteiger partial charge in [0.05, 0.1) is 12.6 Å². The lowest BCUT2D eigenvalue weighted by Crippen LogP contribution is -2.37. The van der Waals surface area contributed by atoms with E-state index in [0.717, 1.165) is 18.4 Å². The van der Waals surface area contributed by atoms with Gasteiger partial charge in [0.15, 0.2) is 5.58 Å². The lowest BCUT2D eigenvalue weighted by molar-refractivity contribution is -0.141. The Hall–Kier alpha value is -2.15. The van der Waals surface area contributed by atoms with Crippen molar-refractivity contribution in [2.45, 2.75) is 12.8 Å². The van der Waals surface area contributed by atoms with Crippen molar-refractivity contribution in [2.75, 3.05) is 20.2 Å². The Kier molecular flexibility index (Phi) is 3.98. The summed E-state index contributed by atoms with van der Waals surface area (Å²) < 4.78 is 10.0. The van der Waals surface area contributed by atoms with E-state index in [1.807, 2.05) is 0 Å². The van der Waals surface area contributed by atoms with Crippen LogP contribution in [0.25, 0.3) is 11.1 Å². The van der Waals surface area contributed by atoms with Crippen LogP contribution in [-0.4, -0.2) is 42.0 Å². The fourth-order valence-corrected chi connectivity index (χ4v) is 2.51. The molecule has 1 aromatic heterocycles. The van der Waals surface area contributed by atoms with E-state index in [2.05, 4.69) is 9.72 Å². The van der Waals surface area contributed by atoms with Gasteiger partial charge in [-0.2, -0.15) is 0 Å². The summed E-state index contributed by atoms with van der Waals surface area (Å²) in [5.74, 6) is -0.149. The molecule has 0 atom stereocenters. The van der Waals surface area contributed by atoms with E-state index < -0.39 is 5.97 Å². The van der Waals surface area contributed by atoms with Gasteiger partial charge in [-0.05, 0) is 49.2 Å². The monoisotopic (exact) mass is 320 g/mol. The van der Waals surface area contributed by atoms with Gasteiger partial charge in [0, 0.05) is 12.1 Å². The first-order valence-electron chi connectivity index (χ1n) is 7.06. The van der Waals surface area contributed by atoms with Crippen LogP contribution < -0.4 is 0 Å². The van der Waals surface area contributed by atoms with Gasteiger partial charge in [0.1, 0.15) is 6.54 Å². The highest BCUT2D eigenvalue weighted by molar-refractivity contribution is 7.71. The summed E-state index contributed by atoms with van der Waals surface area (Å²) in [4.78, 5) is 28.9. The third-order valence-electron chi connectivity index (χ3n) is 3.68. The van der Waals surface area contributed by atoms with Gasteiger partial charge >= 0.3 is 5.97 Å². The van der Waals surface area contributed by atoms with Gasteiger partial charge in [0.25, 0.3) is 10.7 Å². The topological polar surface area (TPSA) is 75.5 Å². The van der Waals surface area contributed by atoms with Gasteiger partial charge in [-0.25, -0.2) is 0 Å². The molecule has 0 spiro atoms. The first kappa shape index (κ1) is 14.8. The van der Waals surface area contributed by atoms with E-state index in [1.54, 1.807) is 18.2 Å². The van der Waals surface area contributed by atoms with Crippen molar-refractivity contribution in [3.8, 4) is 0 Å². The number of rotatable bonds is 5. The van der Waals surface area contributed by atoms with Gasteiger partial charge in [0.2, 0.25) is 0 Å². The molecule has 1 amide bonds. The highest BCUT2D eigenvalue weighted by Crippen LogP contribution is 2.30. The molecule has 7 heteroatoms. The Morgan fingerprint density at radius 2 is 2.23 bits per heavy atom. The largest absolute Gasteiger partial charge is 0.468 e. The average Bonchev–Trinajstić information content (AvgIpc) is 3.23. The number of benzene rings is 1. The molecule has 22 heavy (non-hydrogen) atoms. The van der Waals surface area contributed by atoms with Crippen LogP contribution in [0, 0.1) is 10.8 Å². The minimum absolute atomic E-state index is 0.0412. The molecule has 0 saturated heterocycles. The Morgan fingerprint density at radius 1 is 1.45 bits per heavy atom. The zero-order valence-corrected chi connectivity index (χ0v) is 12.9. The Morgan fingerprint density at radius 3 is 2.91 bits per heavy atom. The highest BCUT2D eigenvalue weighted by atomic mass is 32.1. The average molecular weight is 320 g/mol. The second kappa shape index (κ2) is 5.92. The lowest BCUT2D eigenvalue weighted by atomic mass is 10.1. The second-order valence-electron chi connectivity index (χ2n) is 5.43. The first-order valence-corrected chi connectivity index (χ1v) is 7.46. The molecule has 1 fully saturated rings.